The van der Waals surface area contributed by atoms with E-state index in [1.165, 1.54) is 6.21 Å². The minimum absolute atomic E-state index is 0.211. The van der Waals surface area contributed by atoms with E-state index in [4.69, 9.17) is 16.3 Å². The Kier molecular flexibility index (Phi) is 7.16. The molecule has 0 atom stereocenters. The maximum atomic E-state index is 12.1. The Balaban J connectivity index is 1.50. The number of esters is 1. The van der Waals surface area contributed by atoms with Gasteiger partial charge in [0.15, 0.2) is 0 Å². The van der Waals surface area contributed by atoms with Crippen LogP contribution in [0, 0.1) is 0 Å². The highest BCUT2D eigenvalue weighted by Gasteiger charge is 2.08. The van der Waals surface area contributed by atoms with E-state index in [0.717, 1.165) is 15.6 Å². The fraction of sp³-hybridized carbons (Fsp3) is 0.0455. The summed E-state index contributed by atoms with van der Waals surface area (Å²) < 4.78 is 6.27. The number of carbonyl (C=O) groups is 2. The lowest BCUT2D eigenvalue weighted by molar-refractivity contribution is -0.120. The maximum absolute atomic E-state index is 12.1. The summed E-state index contributed by atoms with van der Waals surface area (Å²) in [7, 11) is 0. The molecule has 0 radical (unpaired) electrons. The Morgan fingerprint density at radius 1 is 0.966 bits per heavy atom. The molecule has 0 heterocycles. The molecule has 0 saturated heterocycles. The van der Waals surface area contributed by atoms with Crippen LogP contribution in [0.5, 0.6) is 5.75 Å². The van der Waals surface area contributed by atoms with E-state index in [0.29, 0.717) is 16.3 Å². The Morgan fingerprint density at radius 3 is 2.28 bits per heavy atom. The molecule has 0 saturated carbocycles. The number of rotatable bonds is 6. The number of hydrogen-bond donors (Lipinski definition) is 1. The van der Waals surface area contributed by atoms with Gasteiger partial charge >= 0.3 is 5.97 Å². The molecule has 3 aromatic rings. The van der Waals surface area contributed by atoms with Gasteiger partial charge in [-0.3, -0.25) is 4.79 Å². The largest absolute Gasteiger partial charge is 0.423 e. The predicted octanol–water partition coefficient (Wildman–Crippen LogP) is 5.01. The van der Waals surface area contributed by atoms with Gasteiger partial charge in [0, 0.05) is 9.50 Å². The smallest absolute Gasteiger partial charge is 0.343 e. The Morgan fingerprint density at radius 2 is 1.62 bits per heavy atom. The zero-order chi connectivity index (χ0) is 20.6. The fourth-order valence-electron chi connectivity index (χ4n) is 2.38. The molecular weight excluding hydrogens is 456 g/mol. The topological polar surface area (TPSA) is 67.8 Å². The zero-order valence-corrected chi connectivity index (χ0v) is 17.5. The fourth-order valence-corrected chi connectivity index (χ4v) is 2.77. The van der Waals surface area contributed by atoms with Gasteiger partial charge in [0.25, 0.3) is 0 Å². The van der Waals surface area contributed by atoms with Crippen molar-refractivity contribution in [2.75, 3.05) is 0 Å². The third-order valence-electron chi connectivity index (χ3n) is 3.85. The maximum Gasteiger partial charge on any atom is 0.343 e. The number of hydrogen-bond acceptors (Lipinski definition) is 4. The first-order chi connectivity index (χ1) is 14.0. The van der Waals surface area contributed by atoms with Gasteiger partial charge in [-0.2, -0.15) is 5.10 Å². The van der Waals surface area contributed by atoms with Gasteiger partial charge in [-0.05, 0) is 71.8 Å². The van der Waals surface area contributed by atoms with Gasteiger partial charge in [0.2, 0.25) is 5.91 Å². The minimum Gasteiger partial charge on any atom is -0.423 e. The standard InChI is InChI=1S/C22H16BrClN2O3/c23-18-7-1-15(2-8-18)13-21(27)26-25-14-16-3-11-20(12-4-16)29-22(28)17-5-9-19(24)10-6-17/h1-12,14H,13H2,(H,26,27). The number of benzene rings is 3. The molecule has 3 aromatic carbocycles. The number of ether oxygens (including phenoxy) is 1. The Labute approximate surface area is 181 Å². The minimum atomic E-state index is -0.469. The zero-order valence-electron chi connectivity index (χ0n) is 15.1. The molecule has 3 rings (SSSR count). The molecular formula is C22H16BrClN2O3. The van der Waals surface area contributed by atoms with Gasteiger partial charge in [0.05, 0.1) is 18.2 Å². The first kappa shape index (κ1) is 20.8. The van der Waals surface area contributed by atoms with Crippen molar-refractivity contribution in [1.82, 2.24) is 5.43 Å². The lowest BCUT2D eigenvalue weighted by Crippen LogP contribution is -2.19. The second-order valence-electron chi connectivity index (χ2n) is 6.06. The summed E-state index contributed by atoms with van der Waals surface area (Å²) in [5.74, 6) is -0.276. The van der Waals surface area contributed by atoms with Crippen LogP contribution in [0.3, 0.4) is 0 Å². The van der Waals surface area contributed by atoms with E-state index in [-0.39, 0.29) is 12.3 Å². The monoisotopic (exact) mass is 470 g/mol. The molecule has 146 valence electrons. The molecule has 0 unspecified atom stereocenters. The number of nitrogens with zero attached hydrogens (tertiary/aromatic N) is 1. The Hall–Kier alpha value is -2.96. The first-order valence-corrected chi connectivity index (χ1v) is 9.81. The highest BCUT2D eigenvalue weighted by atomic mass is 79.9. The Bertz CT molecular complexity index is 1020. The summed E-state index contributed by atoms with van der Waals surface area (Å²) in [5.41, 5.74) is 4.55. The number of nitrogens with one attached hydrogen (secondary N) is 1. The number of amides is 1. The number of carbonyl (C=O) groups excluding carboxylic acids is 2. The van der Waals surface area contributed by atoms with E-state index in [1.807, 2.05) is 24.3 Å². The second-order valence-corrected chi connectivity index (χ2v) is 7.41. The molecule has 0 fully saturated rings. The average molecular weight is 472 g/mol. The van der Waals surface area contributed by atoms with Crippen LogP contribution < -0.4 is 10.2 Å². The van der Waals surface area contributed by atoms with Crippen molar-refractivity contribution in [3.63, 3.8) is 0 Å². The summed E-state index contributed by atoms with van der Waals surface area (Å²) in [6, 6.07) is 20.7. The number of halogens is 2. The normalized spacial score (nSPS) is 10.7. The summed E-state index contributed by atoms with van der Waals surface area (Å²) in [6.07, 6.45) is 1.76. The van der Waals surface area contributed by atoms with Crippen LogP contribution in [0.25, 0.3) is 0 Å². The van der Waals surface area contributed by atoms with E-state index in [9.17, 15) is 9.59 Å². The van der Waals surface area contributed by atoms with Gasteiger partial charge in [-0.25, -0.2) is 10.2 Å². The molecule has 1 amide bonds. The van der Waals surface area contributed by atoms with E-state index < -0.39 is 5.97 Å². The van der Waals surface area contributed by atoms with Gasteiger partial charge in [-0.1, -0.05) is 39.7 Å². The first-order valence-electron chi connectivity index (χ1n) is 8.64. The van der Waals surface area contributed by atoms with E-state index in [2.05, 4.69) is 26.5 Å². The van der Waals surface area contributed by atoms with Crippen molar-refractivity contribution in [3.8, 4) is 5.75 Å². The highest BCUT2D eigenvalue weighted by Crippen LogP contribution is 2.15. The van der Waals surface area contributed by atoms with E-state index >= 15 is 0 Å². The van der Waals surface area contributed by atoms with Gasteiger partial charge < -0.3 is 4.74 Å². The van der Waals surface area contributed by atoms with E-state index in [1.54, 1.807) is 48.5 Å². The molecule has 7 heteroatoms. The SMILES string of the molecule is O=C(Cc1ccc(Br)cc1)NN=Cc1ccc(OC(=O)c2ccc(Cl)cc2)cc1. The summed E-state index contributed by atoms with van der Waals surface area (Å²) in [5, 5.41) is 4.50. The molecule has 0 spiro atoms. The van der Waals surface area contributed by atoms with Crippen LogP contribution in [0.1, 0.15) is 21.5 Å². The van der Waals surface area contributed by atoms with Crippen LogP contribution >= 0.6 is 27.5 Å². The quantitative estimate of drug-likeness (QED) is 0.238. The van der Waals surface area contributed by atoms with Crippen LogP contribution in [0.4, 0.5) is 0 Å². The van der Waals surface area contributed by atoms with Crippen molar-refractivity contribution < 1.29 is 14.3 Å². The highest BCUT2D eigenvalue weighted by molar-refractivity contribution is 9.10. The lowest BCUT2D eigenvalue weighted by Gasteiger charge is -2.05. The van der Waals surface area contributed by atoms with Gasteiger partial charge in [-0.15, -0.1) is 0 Å². The third-order valence-corrected chi connectivity index (χ3v) is 4.63. The molecule has 5 nitrogen and oxygen atoms in total. The molecule has 0 aliphatic heterocycles. The van der Waals surface area contributed by atoms with Gasteiger partial charge in [0.1, 0.15) is 5.75 Å². The molecule has 0 aliphatic carbocycles. The molecule has 0 aromatic heterocycles. The summed E-state index contributed by atoms with van der Waals surface area (Å²) in [6.45, 7) is 0. The van der Waals surface area contributed by atoms with Crippen molar-refractivity contribution in [3.05, 3.63) is 99.0 Å². The molecule has 0 bridgehead atoms. The second kappa shape index (κ2) is 10.0. The van der Waals surface area contributed by atoms with Crippen molar-refractivity contribution in [2.24, 2.45) is 5.10 Å². The average Bonchev–Trinajstić information content (AvgIpc) is 2.71. The predicted molar refractivity (Wildman–Crippen MR) is 116 cm³/mol. The summed E-state index contributed by atoms with van der Waals surface area (Å²) in [4.78, 5) is 24.0. The van der Waals surface area contributed by atoms with Crippen LogP contribution in [0.15, 0.2) is 82.4 Å². The van der Waals surface area contributed by atoms with Crippen molar-refractivity contribution in [1.29, 1.82) is 0 Å². The van der Waals surface area contributed by atoms with Crippen molar-refractivity contribution in [2.45, 2.75) is 6.42 Å². The molecule has 0 aliphatic rings. The molecule has 1 N–H and O–H groups in total. The van der Waals surface area contributed by atoms with Crippen molar-refractivity contribution >= 4 is 45.6 Å². The third kappa shape index (κ3) is 6.55. The van der Waals surface area contributed by atoms with Crippen LogP contribution in [-0.2, 0) is 11.2 Å². The number of hydrazone groups is 1. The molecule has 29 heavy (non-hydrogen) atoms. The van der Waals surface area contributed by atoms with Crippen LogP contribution in [0.2, 0.25) is 5.02 Å². The lowest BCUT2D eigenvalue weighted by atomic mass is 10.1. The van der Waals surface area contributed by atoms with Crippen LogP contribution in [-0.4, -0.2) is 18.1 Å². The summed E-state index contributed by atoms with van der Waals surface area (Å²) >= 11 is 9.16.